The van der Waals surface area contributed by atoms with E-state index >= 15 is 0 Å². The average molecular weight is 266 g/mol. The van der Waals surface area contributed by atoms with Gasteiger partial charge in [-0.25, -0.2) is 9.97 Å². The number of anilines is 2. The lowest BCUT2D eigenvalue weighted by Crippen LogP contribution is -2.48. The van der Waals surface area contributed by atoms with Crippen LogP contribution >= 0.6 is 0 Å². The van der Waals surface area contributed by atoms with Gasteiger partial charge in [-0.2, -0.15) is 0 Å². The van der Waals surface area contributed by atoms with Gasteiger partial charge < -0.3 is 20.1 Å². The van der Waals surface area contributed by atoms with Crippen molar-refractivity contribution in [1.82, 2.24) is 9.97 Å². The summed E-state index contributed by atoms with van der Waals surface area (Å²) in [7, 11) is 1.85. The highest BCUT2D eigenvalue weighted by molar-refractivity contribution is 5.50. The maximum atomic E-state index is 9.44. The number of rotatable bonds is 5. The van der Waals surface area contributed by atoms with Gasteiger partial charge >= 0.3 is 0 Å². The number of nitrogens with zero attached hydrogens (tertiary/aromatic N) is 3. The van der Waals surface area contributed by atoms with Gasteiger partial charge in [0.25, 0.3) is 0 Å². The Morgan fingerprint density at radius 2 is 2.37 bits per heavy atom. The zero-order valence-corrected chi connectivity index (χ0v) is 11.6. The first-order valence-electron chi connectivity index (χ1n) is 6.79. The normalized spacial score (nSPS) is 19.5. The minimum absolute atomic E-state index is 0.0252. The van der Waals surface area contributed by atoms with Gasteiger partial charge in [0.05, 0.1) is 25.9 Å². The van der Waals surface area contributed by atoms with Crippen molar-refractivity contribution < 1.29 is 9.84 Å². The minimum Gasteiger partial charge on any atom is -0.394 e. The molecular formula is C13H22N4O2. The molecule has 2 N–H and O–H groups in total. The summed E-state index contributed by atoms with van der Waals surface area (Å²) < 4.78 is 5.40. The first-order chi connectivity index (χ1) is 9.28. The van der Waals surface area contributed by atoms with E-state index in [1.165, 1.54) is 0 Å². The molecule has 0 aromatic carbocycles. The molecule has 1 atom stereocenters. The highest BCUT2D eigenvalue weighted by Crippen LogP contribution is 2.20. The van der Waals surface area contributed by atoms with Gasteiger partial charge in [-0.05, 0) is 6.42 Å². The second kappa shape index (κ2) is 6.68. The molecule has 1 aliphatic heterocycles. The smallest absolute Gasteiger partial charge is 0.134 e. The average Bonchev–Trinajstić information content (AvgIpc) is 2.47. The van der Waals surface area contributed by atoms with Crippen molar-refractivity contribution in [2.45, 2.75) is 25.8 Å². The monoisotopic (exact) mass is 266 g/mol. The maximum absolute atomic E-state index is 9.44. The lowest BCUT2D eigenvalue weighted by atomic mass is 10.2. The lowest BCUT2D eigenvalue weighted by Gasteiger charge is -2.35. The molecule has 0 amide bonds. The van der Waals surface area contributed by atoms with Crippen molar-refractivity contribution in [2.75, 3.05) is 43.6 Å². The van der Waals surface area contributed by atoms with Crippen LogP contribution in [0, 0.1) is 0 Å². The fourth-order valence-electron chi connectivity index (χ4n) is 2.20. The minimum atomic E-state index is -0.0252. The summed E-state index contributed by atoms with van der Waals surface area (Å²) in [5, 5.41) is 12.5. The van der Waals surface area contributed by atoms with Crippen LogP contribution in [0.4, 0.5) is 11.6 Å². The molecule has 0 spiro atoms. The molecule has 1 unspecified atom stereocenters. The summed E-state index contributed by atoms with van der Waals surface area (Å²) in [4.78, 5) is 11.1. The van der Waals surface area contributed by atoms with Crippen LogP contribution in [0.25, 0.3) is 0 Å². The van der Waals surface area contributed by atoms with E-state index in [-0.39, 0.29) is 12.6 Å². The Morgan fingerprint density at radius 1 is 1.53 bits per heavy atom. The SMILES string of the molecule is CCCc1nc(NC)cc(N2CCOCC2CO)n1. The van der Waals surface area contributed by atoms with Crippen molar-refractivity contribution in [3.8, 4) is 0 Å². The van der Waals surface area contributed by atoms with E-state index in [1.54, 1.807) is 0 Å². The molecule has 0 radical (unpaired) electrons. The molecule has 1 aromatic rings. The van der Waals surface area contributed by atoms with E-state index in [0.717, 1.165) is 36.8 Å². The second-order valence-electron chi connectivity index (χ2n) is 4.63. The van der Waals surface area contributed by atoms with Crippen LogP contribution in [0.15, 0.2) is 6.07 Å². The van der Waals surface area contributed by atoms with Gasteiger partial charge in [-0.1, -0.05) is 6.92 Å². The number of morpholine rings is 1. The molecule has 1 aromatic heterocycles. The second-order valence-corrected chi connectivity index (χ2v) is 4.63. The first kappa shape index (κ1) is 14.0. The molecule has 19 heavy (non-hydrogen) atoms. The zero-order chi connectivity index (χ0) is 13.7. The molecular weight excluding hydrogens is 244 g/mol. The maximum Gasteiger partial charge on any atom is 0.134 e. The van der Waals surface area contributed by atoms with E-state index in [2.05, 4.69) is 27.1 Å². The Hall–Kier alpha value is -1.40. The van der Waals surface area contributed by atoms with Gasteiger partial charge in [0, 0.05) is 26.1 Å². The number of aliphatic hydroxyl groups excluding tert-OH is 1. The van der Waals surface area contributed by atoms with E-state index in [1.807, 2.05) is 13.1 Å². The molecule has 2 heterocycles. The molecule has 6 nitrogen and oxygen atoms in total. The number of hydrogen-bond acceptors (Lipinski definition) is 6. The van der Waals surface area contributed by atoms with Crippen molar-refractivity contribution >= 4 is 11.6 Å². The van der Waals surface area contributed by atoms with Gasteiger partial charge in [0.2, 0.25) is 0 Å². The number of hydrogen-bond donors (Lipinski definition) is 2. The molecule has 0 bridgehead atoms. The number of aryl methyl sites for hydroxylation is 1. The number of aliphatic hydroxyl groups is 1. The topological polar surface area (TPSA) is 70.5 Å². The predicted molar refractivity (Wildman–Crippen MR) is 74.6 cm³/mol. The third kappa shape index (κ3) is 3.33. The summed E-state index contributed by atoms with van der Waals surface area (Å²) in [5.41, 5.74) is 0. The zero-order valence-electron chi connectivity index (χ0n) is 11.6. The van der Waals surface area contributed by atoms with Crippen molar-refractivity contribution in [3.05, 3.63) is 11.9 Å². The summed E-state index contributed by atoms with van der Waals surface area (Å²) in [6, 6.07) is 1.90. The van der Waals surface area contributed by atoms with Crippen molar-refractivity contribution in [1.29, 1.82) is 0 Å². The summed E-state index contributed by atoms with van der Waals surface area (Å²) >= 11 is 0. The summed E-state index contributed by atoms with van der Waals surface area (Å²) in [5.74, 6) is 2.52. The van der Waals surface area contributed by atoms with Crippen LogP contribution in [0.2, 0.25) is 0 Å². The quantitative estimate of drug-likeness (QED) is 0.816. The highest BCUT2D eigenvalue weighted by Gasteiger charge is 2.24. The first-order valence-corrected chi connectivity index (χ1v) is 6.79. The number of nitrogens with one attached hydrogen (secondary N) is 1. The van der Waals surface area contributed by atoms with Gasteiger partial charge in [-0.3, -0.25) is 0 Å². The molecule has 0 saturated carbocycles. The molecule has 2 rings (SSSR count). The van der Waals surface area contributed by atoms with Crippen LogP contribution < -0.4 is 10.2 Å². The van der Waals surface area contributed by atoms with Gasteiger partial charge in [-0.15, -0.1) is 0 Å². The molecule has 1 fully saturated rings. The van der Waals surface area contributed by atoms with E-state index in [0.29, 0.717) is 13.2 Å². The van der Waals surface area contributed by atoms with Crippen LogP contribution in [0.5, 0.6) is 0 Å². The van der Waals surface area contributed by atoms with Crippen molar-refractivity contribution in [2.24, 2.45) is 0 Å². The van der Waals surface area contributed by atoms with Crippen molar-refractivity contribution in [3.63, 3.8) is 0 Å². The third-order valence-corrected chi connectivity index (χ3v) is 3.22. The van der Waals surface area contributed by atoms with Gasteiger partial charge in [0.15, 0.2) is 0 Å². The van der Waals surface area contributed by atoms with E-state index in [9.17, 15) is 5.11 Å². The fourth-order valence-corrected chi connectivity index (χ4v) is 2.20. The standard InChI is InChI=1S/C13H22N4O2/c1-3-4-11-15-12(14-2)7-13(16-11)17-5-6-19-9-10(17)8-18/h7,10,18H,3-6,8-9H2,1-2H3,(H,14,15,16). The predicted octanol–water partition coefficient (Wildman–Crippen LogP) is 0.668. The molecule has 106 valence electrons. The number of aromatic nitrogens is 2. The fraction of sp³-hybridized carbons (Fsp3) is 0.692. The highest BCUT2D eigenvalue weighted by atomic mass is 16.5. The van der Waals surface area contributed by atoms with Crippen LogP contribution in [0.1, 0.15) is 19.2 Å². The van der Waals surface area contributed by atoms with Crippen LogP contribution in [-0.2, 0) is 11.2 Å². The molecule has 1 saturated heterocycles. The molecule has 0 aliphatic carbocycles. The van der Waals surface area contributed by atoms with Gasteiger partial charge in [0.1, 0.15) is 17.5 Å². The molecule has 6 heteroatoms. The van der Waals surface area contributed by atoms with Crippen LogP contribution in [0.3, 0.4) is 0 Å². The summed E-state index contributed by atoms with van der Waals surface area (Å²) in [6.07, 6.45) is 1.87. The van der Waals surface area contributed by atoms with E-state index in [4.69, 9.17) is 4.74 Å². The molecule has 1 aliphatic rings. The Balaban J connectivity index is 2.28. The lowest BCUT2D eigenvalue weighted by molar-refractivity contribution is 0.0722. The van der Waals surface area contributed by atoms with Crippen LogP contribution in [-0.4, -0.2) is 54.5 Å². The third-order valence-electron chi connectivity index (χ3n) is 3.22. The Kier molecular flexibility index (Phi) is 4.93. The Morgan fingerprint density at radius 3 is 3.05 bits per heavy atom. The van der Waals surface area contributed by atoms with E-state index < -0.39 is 0 Å². The number of ether oxygens (including phenoxy) is 1. The summed E-state index contributed by atoms with van der Waals surface area (Å²) in [6.45, 7) is 4.14. The largest absolute Gasteiger partial charge is 0.394 e. The Bertz CT molecular complexity index is 414. The Labute approximate surface area is 113 Å².